The second-order valence-corrected chi connectivity index (χ2v) is 15.7. The fourth-order valence-corrected chi connectivity index (χ4v) is 9.13. The smallest absolute Gasteiger partial charge is 0.0546 e. The van der Waals surface area contributed by atoms with Crippen molar-refractivity contribution >= 4 is 49.4 Å². The minimum absolute atomic E-state index is 1.08. The lowest BCUT2D eigenvalue weighted by molar-refractivity contribution is 1.29. The first-order chi connectivity index (χ1) is 30.3. The summed E-state index contributed by atoms with van der Waals surface area (Å²) < 4.78 is 0. The highest BCUT2D eigenvalue weighted by Crippen LogP contribution is 2.48. The predicted molar refractivity (Wildman–Crippen MR) is 261 cm³/mol. The SMILES string of the molecule is c1ccc(-c2ccccc2-c2c(-c3ccccc3)cccc2N(c2ccc(-c3ccc(-c4cccc5ccccc45)cc3)cc2)c2ccc3c(ccc4ccccc43)c2)cc1. The van der Waals surface area contributed by atoms with Crippen molar-refractivity contribution in [1.29, 1.82) is 0 Å². The Morgan fingerprint density at radius 3 is 1.43 bits per heavy atom. The van der Waals surface area contributed by atoms with Crippen molar-refractivity contribution < 1.29 is 0 Å². The first-order valence-corrected chi connectivity index (χ1v) is 21.0. The Labute approximate surface area is 357 Å². The third kappa shape index (κ3) is 6.73. The van der Waals surface area contributed by atoms with Crippen LogP contribution in [-0.2, 0) is 0 Å². The molecule has 0 spiro atoms. The van der Waals surface area contributed by atoms with Crippen LogP contribution in [0, 0.1) is 0 Å². The molecule has 286 valence electrons. The van der Waals surface area contributed by atoms with Crippen LogP contribution in [0.4, 0.5) is 17.1 Å². The maximum Gasteiger partial charge on any atom is 0.0546 e. The number of benzene rings is 11. The second-order valence-electron chi connectivity index (χ2n) is 15.7. The van der Waals surface area contributed by atoms with E-state index in [1.54, 1.807) is 0 Å². The normalized spacial score (nSPS) is 11.3. The molecule has 0 saturated carbocycles. The summed E-state index contributed by atoms with van der Waals surface area (Å²) in [5.74, 6) is 0. The van der Waals surface area contributed by atoms with Gasteiger partial charge in [-0.1, -0.05) is 218 Å². The standard InChI is InChI=1S/C60H41N/c1-3-15-44(16-4-1)55-24-11-12-25-58(55)60-57(46-17-5-2-6-18-46)27-14-28-59(60)61(51-39-40-56-49(41-51)34-33-47-20-8-10-23-53(47)56)50-37-35-43(36-38-50)42-29-31-48(32-30-42)54-26-13-21-45-19-7-9-22-52(45)54/h1-41H. The molecule has 0 aromatic heterocycles. The molecule has 0 aliphatic heterocycles. The molecule has 0 unspecified atom stereocenters. The number of hydrogen-bond donors (Lipinski definition) is 0. The van der Waals surface area contributed by atoms with Gasteiger partial charge in [-0.05, 0) is 113 Å². The van der Waals surface area contributed by atoms with Gasteiger partial charge in [0.2, 0.25) is 0 Å². The molecule has 0 saturated heterocycles. The Kier molecular flexibility index (Phi) is 9.26. The van der Waals surface area contributed by atoms with Crippen LogP contribution in [0.1, 0.15) is 0 Å². The van der Waals surface area contributed by atoms with Gasteiger partial charge in [0.1, 0.15) is 0 Å². The van der Waals surface area contributed by atoms with Crippen LogP contribution in [0.5, 0.6) is 0 Å². The van der Waals surface area contributed by atoms with Gasteiger partial charge in [0.25, 0.3) is 0 Å². The number of anilines is 3. The van der Waals surface area contributed by atoms with E-state index in [0.717, 1.165) is 17.1 Å². The van der Waals surface area contributed by atoms with E-state index in [9.17, 15) is 0 Å². The lowest BCUT2D eigenvalue weighted by Crippen LogP contribution is -2.12. The molecular formula is C60H41N. The summed E-state index contributed by atoms with van der Waals surface area (Å²) in [6.07, 6.45) is 0. The molecule has 0 aliphatic carbocycles. The number of nitrogens with zero attached hydrogens (tertiary/aromatic N) is 1. The average Bonchev–Trinajstić information content (AvgIpc) is 3.34. The van der Waals surface area contributed by atoms with Gasteiger partial charge in [-0.15, -0.1) is 0 Å². The minimum atomic E-state index is 1.08. The zero-order chi connectivity index (χ0) is 40.5. The second kappa shape index (κ2) is 15.6. The Morgan fingerprint density at radius 2 is 0.689 bits per heavy atom. The van der Waals surface area contributed by atoms with Gasteiger partial charge in [-0.3, -0.25) is 0 Å². The van der Waals surface area contributed by atoms with Crippen molar-refractivity contribution in [2.45, 2.75) is 0 Å². The summed E-state index contributed by atoms with van der Waals surface area (Å²) in [5.41, 5.74) is 15.2. The minimum Gasteiger partial charge on any atom is -0.310 e. The van der Waals surface area contributed by atoms with Crippen LogP contribution in [-0.4, -0.2) is 0 Å². The summed E-state index contributed by atoms with van der Waals surface area (Å²) in [6.45, 7) is 0. The molecule has 0 atom stereocenters. The van der Waals surface area contributed by atoms with Crippen molar-refractivity contribution in [3.05, 3.63) is 249 Å². The molecule has 11 rings (SSSR count). The number of hydrogen-bond acceptors (Lipinski definition) is 1. The number of rotatable bonds is 8. The maximum atomic E-state index is 2.45. The third-order valence-electron chi connectivity index (χ3n) is 12.1. The summed E-state index contributed by atoms with van der Waals surface area (Å²) in [4.78, 5) is 2.45. The first kappa shape index (κ1) is 36.1. The summed E-state index contributed by atoms with van der Waals surface area (Å²) in [5, 5.41) is 7.48. The van der Waals surface area contributed by atoms with E-state index in [-0.39, 0.29) is 0 Å². The maximum absolute atomic E-state index is 2.45. The molecule has 0 amide bonds. The van der Waals surface area contributed by atoms with Crippen LogP contribution in [0.15, 0.2) is 249 Å². The number of fused-ring (bicyclic) bond motifs is 4. The van der Waals surface area contributed by atoms with E-state index >= 15 is 0 Å². The van der Waals surface area contributed by atoms with Crippen LogP contribution >= 0.6 is 0 Å². The van der Waals surface area contributed by atoms with E-state index in [1.165, 1.54) is 88.0 Å². The highest BCUT2D eigenvalue weighted by molar-refractivity contribution is 6.09. The highest BCUT2D eigenvalue weighted by atomic mass is 15.1. The monoisotopic (exact) mass is 775 g/mol. The lowest BCUT2D eigenvalue weighted by atomic mass is 9.87. The van der Waals surface area contributed by atoms with Crippen LogP contribution in [0.2, 0.25) is 0 Å². The topological polar surface area (TPSA) is 3.24 Å². The predicted octanol–water partition coefficient (Wildman–Crippen LogP) is 17.0. The molecule has 1 nitrogen and oxygen atoms in total. The van der Waals surface area contributed by atoms with Crippen molar-refractivity contribution in [2.24, 2.45) is 0 Å². The quantitative estimate of drug-likeness (QED) is 0.139. The largest absolute Gasteiger partial charge is 0.310 e. The Morgan fingerprint density at radius 1 is 0.230 bits per heavy atom. The summed E-state index contributed by atoms with van der Waals surface area (Å²) in [7, 11) is 0. The molecule has 0 bridgehead atoms. The first-order valence-electron chi connectivity index (χ1n) is 21.0. The van der Waals surface area contributed by atoms with Crippen LogP contribution in [0.3, 0.4) is 0 Å². The fourth-order valence-electron chi connectivity index (χ4n) is 9.13. The van der Waals surface area contributed by atoms with Crippen molar-refractivity contribution in [2.75, 3.05) is 4.90 Å². The van der Waals surface area contributed by atoms with Crippen molar-refractivity contribution in [1.82, 2.24) is 0 Å². The van der Waals surface area contributed by atoms with E-state index < -0.39 is 0 Å². The zero-order valence-corrected chi connectivity index (χ0v) is 33.6. The van der Waals surface area contributed by atoms with Gasteiger partial charge in [0.15, 0.2) is 0 Å². The Hall–Kier alpha value is -8.00. The zero-order valence-electron chi connectivity index (χ0n) is 33.6. The van der Waals surface area contributed by atoms with Gasteiger partial charge < -0.3 is 4.90 Å². The third-order valence-corrected chi connectivity index (χ3v) is 12.1. The van der Waals surface area contributed by atoms with Gasteiger partial charge in [0, 0.05) is 16.9 Å². The van der Waals surface area contributed by atoms with Crippen LogP contribution < -0.4 is 4.90 Å². The van der Waals surface area contributed by atoms with Crippen molar-refractivity contribution in [3.63, 3.8) is 0 Å². The average molecular weight is 776 g/mol. The molecule has 0 N–H and O–H groups in total. The molecule has 1 heteroatoms. The molecule has 0 fully saturated rings. The Bertz CT molecular complexity index is 3330. The van der Waals surface area contributed by atoms with Gasteiger partial charge in [-0.2, -0.15) is 0 Å². The van der Waals surface area contributed by atoms with Gasteiger partial charge in [0.05, 0.1) is 5.69 Å². The lowest BCUT2D eigenvalue weighted by Gasteiger charge is -2.30. The fraction of sp³-hybridized carbons (Fsp3) is 0. The van der Waals surface area contributed by atoms with E-state index in [2.05, 4.69) is 254 Å². The molecule has 11 aromatic carbocycles. The van der Waals surface area contributed by atoms with E-state index in [4.69, 9.17) is 0 Å². The molecular weight excluding hydrogens is 735 g/mol. The molecule has 0 heterocycles. The van der Waals surface area contributed by atoms with Crippen molar-refractivity contribution in [3.8, 4) is 55.6 Å². The van der Waals surface area contributed by atoms with Crippen LogP contribution in [0.25, 0.3) is 88.0 Å². The summed E-state index contributed by atoms with van der Waals surface area (Å²) >= 11 is 0. The highest BCUT2D eigenvalue weighted by Gasteiger charge is 2.23. The molecule has 11 aromatic rings. The Balaban J connectivity index is 1.09. The molecule has 61 heavy (non-hydrogen) atoms. The van der Waals surface area contributed by atoms with E-state index in [0.29, 0.717) is 0 Å². The van der Waals surface area contributed by atoms with Gasteiger partial charge in [-0.25, -0.2) is 0 Å². The van der Waals surface area contributed by atoms with Gasteiger partial charge >= 0.3 is 0 Å². The molecule has 0 aliphatic rings. The summed E-state index contributed by atoms with van der Waals surface area (Å²) in [6, 6.07) is 90.5. The van der Waals surface area contributed by atoms with E-state index in [1.807, 2.05) is 0 Å². The molecule has 0 radical (unpaired) electrons.